The predicted octanol–water partition coefficient (Wildman–Crippen LogP) is 5.88. The summed E-state index contributed by atoms with van der Waals surface area (Å²) in [5.41, 5.74) is 3.73. The zero-order valence-corrected chi connectivity index (χ0v) is 13.9. The van der Waals surface area contributed by atoms with Crippen molar-refractivity contribution in [3.63, 3.8) is 0 Å². The molecular weight excluding hydrogens is 305 g/mol. The maximum absolute atomic E-state index is 10.0. The SMILES string of the molecule is CCC(Nc1ccc(C)c(O)c1C)c1ccc(Cl)c(Cl)c1. The second-order valence-electron chi connectivity index (χ2n) is 5.18. The number of nitrogens with one attached hydrogen (secondary N) is 1. The Labute approximate surface area is 135 Å². The van der Waals surface area contributed by atoms with Gasteiger partial charge in [0.15, 0.2) is 0 Å². The molecule has 2 aromatic carbocycles. The maximum Gasteiger partial charge on any atom is 0.123 e. The molecule has 2 rings (SSSR count). The molecule has 2 N–H and O–H groups in total. The van der Waals surface area contributed by atoms with Gasteiger partial charge in [-0.3, -0.25) is 0 Å². The van der Waals surface area contributed by atoms with Crippen molar-refractivity contribution in [2.75, 3.05) is 5.32 Å². The Hall–Kier alpha value is -1.38. The lowest BCUT2D eigenvalue weighted by Gasteiger charge is -2.21. The molecule has 1 atom stereocenters. The summed E-state index contributed by atoms with van der Waals surface area (Å²) in [4.78, 5) is 0. The molecule has 0 aliphatic rings. The number of hydrogen-bond acceptors (Lipinski definition) is 2. The Balaban J connectivity index is 2.31. The molecule has 1 unspecified atom stereocenters. The highest BCUT2D eigenvalue weighted by atomic mass is 35.5. The van der Waals surface area contributed by atoms with Crippen LogP contribution < -0.4 is 5.32 Å². The second kappa shape index (κ2) is 6.59. The van der Waals surface area contributed by atoms with E-state index in [4.69, 9.17) is 23.2 Å². The van der Waals surface area contributed by atoms with E-state index in [1.165, 1.54) is 0 Å². The van der Waals surface area contributed by atoms with Crippen molar-refractivity contribution in [3.05, 3.63) is 57.1 Å². The minimum absolute atomic E-state index is 0.112. The van der Waals surface area contributed by atoms with E-state index in [2.05, 4.69) is 12.2 Å². The average Bonchev–Trinajstić information content (AvgIpc) is 2.47. The third-order valence-corrected chi connectivity index (χ3v) is 4.46. The number of rotatable bonds is 4. The number of benzene rings is 2. The van der Waals surface area contributed by atoms with Gasteiger partial charge in [-0.25, -0.2) is 0 Å². The van der Waals surface area contributed by atoms with E-state index in [0.717, 1.165) is 28.8 Å². The highest BCUT2D eigenvalue weighted by Gasteiger charge is 2.13. The van der Waals surface area contributed by atoms with Crippen molar-refractivity contribution in [3.8, 4) is 5.75 Å². The summed E-state index contributed by atoms with van der Waals surface area (Å²) in [7, 11) is 0. The molecule has 112 valence electrons. The molecule has 0 spiro atoms. The van der Waals surface area contributed by atoms with Crippen LogP contribution in [0.5, 0.6) is 5.75 Å². The van der Waals surface area contributed by atoms with Crippen molar-refractivity contribution in [1.82, 2.24) is 0 Å². The lowest BCUT2D eigenvalue weighted by molar-refractivity contribution is 0.467. The van der Waals surface area contributed by atoms with Crippen LogP contribution in [-0.4, -0.2) is 5.11 Å². The van der Waals surface area contributed by atoms with Crippen LogP contribution in [0.3, 0.4) is 0 Å². The normalized spacial score (nSPS) is 12.2. The fourth-order valence-electron chi connectivity index (χ4n) is 2.33. The molecule has 0 amide bonds. The van der Waals surface area contributed by atoms with E-state index < -0.39 is 0 Å². The molecule has 2 nitrogen and oxygen atoms in total. The molecule has 2 aromatic rings. The molecule has 0 fully saturated rings. The molecule has 0 bridgehead atoms. The molecule has 0 saturated heterocycles. The molecule has 0 aliphatic heterocycles. The fourth-order valence-corrected chi connectivity index (χ4v) is 2.64. The van der Waals surface area contributed by atoms with E-state index in [1.807, 2.05) is 44.2 Å². The summed E-state index contributed by atoms with van der Waals surface area (Å²) in [6, 6.07) is 9.67. The number of anilines is 1. The van der Waals surface area contributed by atoms with Crippen molar-refractivity contribution in [2.45, 2.75) is 33.2 Å². The predicted molar refractivity (Wildman–Crippen MR) is 90.7 cm³/mol. The van der Waals surface area contributed by atoms with Crippen molar-refractivity contribution < 1.29 is 5.11 Å². The summed E-state index contributed by atoms with van der Waals surface area (Å²) in [5.74, 6) is 0.337. The highest BCUT2D eigenvalue weighted by molar-refractivity contribution is 6.42. The Morgan fingerprint density at radius 3 is 2.43 bits per heavy atom. The number of aryl methyl sites for hydroxylation is 1. The minimum atomic E-state index is 0.112. The van der Waals surface area contributed by atoms with Gasteiger partial charge in [0, 0.05) is 11.3 Å². The largest absolute Gasteiger partial charge is 0.507 e. The average molecular weight is 324 g/mol. The van der Waals surface area contributed by atoms with Crippen LogP contribution in [0, 0.1) is 13.8 Å². The van der Waals surface area contributed by atoms with Crippen LogP contribution in [0.2, 0.25) is 10.0 Å². The van der Waals surface area contributed by atoms with Crippen LogP contribution >= 0.6 is 23.2 Å². The number of hydrogen-bond donors (Lipinski definition) is 2. The molecule has 21 heavy (non-hydrogen) atoms. The van der Waals surface area contributed by atoms with Gasteiger partial charge in [0.2, 0.25) is 0 Å². The number of phenols is 1. The second-order valence-corrected chi connectivity index (χ2v) is 6.00. The smallest absolute Gasteiger partial charge is 0.123 e. The maximum atomic E-state index is 10.0. The first kappa shape index (κ1) is 16.0. The van der Waals surface area contributed by atoms with Gasteiger partial charge in [-0.05, 0) is 49.6 Å². The minimum Gasteiger partial charge on any atom is -0.507 e. The quantitative estimate of drug-likeness (QED) is 0.736. The summed E-state index contributed by atoms with van der Waals surface area (Å²) in [5, 5.41) is 14.6. The molecule has 0 saturated carbocycles. The van der Waals surface area contributed by atoms with E-state index in [-0.39, 0.29) is 6.04 Å². The summed E-state index contributed by atoms with van der Waals surface area (Å²) >= 11 is 12.1. The van der Waals surface area contributed by atoms with Gasteiger partial charge in [-0.2, -0.15) is 0 Å². The third-order valence-electron chi connectivity index (χ3n) is 3.72. The Bertz CT molecular complexity index is 655. The van der Waals surface area contributed by atoms with E-state index >= 15 is 0 Å². The van der Waals surface area contributed by atoms with Crippen molar-refractivity contribution >= 4 is 28.9 Å². The summed E-state index contributed by atoms with van der Waals surface area (Å²) < 4.78 is 0. The van der Waals surface area contributed by atoms with E-state index in [0.29, 0.717) is 15.8 Å². The van der Waals surface area contributed by atoms with Crippen LogP contribution in [0.1, 0.15) is 36.1 Å². The van der Waals surface area contributed by atoms with Crippen LogP contribution in [0.4, 0.5) is 5.69 Å². The number of aromatic hydroxyl groups is 1. The molecule has 0 aromatic heterocycles. The van der Waals surface area contributed by atoms with Gasteiger partial charge in [-0.15, -0.1) is 0 Å². The van der Waals surface area contributed by atoms with Crippen LogP contribution in [-0.2, 0) is 0 Å². The Kier molecular flexibility index (Phi) is 5.02. The zero-order valence-electron chi connectivity index (χ0n) is 12.4. The lowest BCUT2D eigenvalue weighted by Crippen LogP contribution is -2.10. The van der Waals surface area contributed by atoms with Gasteiger partial charge < -0.3 is 10.4 Å². The Morgan fingerprint density at radius 2 is 1.81 bits per heavy atom. The summed E-state index contributed by atoms with van der Waals surface area (Å²) in [6.45, 7) is 5.90. The molecule has 0 heterocycles. The molecule has 4 heteroatoms. The van der Waals surface area contributed by atoms with Crippen LogP contribution in [0.15, 0.2) is 30.3 Å². The lowest BCUT2D eigenvalue weighted by atomic mass is 10.0. The van der Waals surface area contributed by atoms with Gasteiger partial charge in [0.05, 0.1) is 16.1 Å². The highest BCUT2D eigenvalue weighted by Crippen LogP contribution is 2.33. The van der Waals surface area contributed by atoms with Crippen molar-refractivity contribution in [1.29, 1.82) is 0 Å². The number of halogens is 2. The van der Waals surface area contributed by atoms with E-state index in [9.17, 15) is 5.11 Å². The molecule has 0 radical (unpaired) electrons. The first-order valence-electron chi connectivity index (χ1n) is 6.94. The third kappa shape index (κ3) is 3.45. The van der Waals surface area contributed by atoms with Gasteiger partial charge >= 0.3 is 0 Å². The molecule has 0 aliphatic carbocycles. The van der Waals surface area contributed by atoms with Gasteiger partial charge in [0.25, 0.3) is 0 Å². The zero-order chi connectivity index (χ0) is 15.6. The topological polar surface area (TPSA) is 32.3 Å². The standard InChI is InChI=1S/C17H19Cl2NO/c1-4-15(12-6-7-13(18)14(19)9-12)20-16-8-5-10(2)17(21)11(16)3/h5-9,15,20-21H,4H2,1-3H3. The first-order valence-corrected chi connectivity index (χ1v) is 7.70. The van der Waals surface area contributed by atoms with Crippen LogP contribution in [0.25, 0.3) is 0 Å². The monoisotopic (exact) mass is 323 g/mol. The summed E-state index contributed by atoms with van der Waals surface area (Å²) in [6.07, 6.45) is 0.895. The van der Waals surface area contributed by atoms with Gasteiger partial charge in [-0.1, -0.05) is 42.3 Å². The first-order chi connectivity index (χ1) is 9.93. The fraction of sp³-hybridized carbons (Fsp3) is 0.294. The number of phenolic OH excluding ortho intramolecular Hbond substituents is 1. The molecular formula is C17H19Cl2NO. The van der Waals surface area contributed by atoms with Crippen molar-refractivity contribution in [2.24, 2.45) is 0 Å². The van der Waals surface area contributed by atoms with Gasteiger partial charge in [0.1, 0.15) is 5.75 Å². The Morgan fingerprint density at radius 1 is 1.10 bits per heavy atom. The van der Waals surface area contributed by atoms with E-state index in [1.54, 1.807) is 0 Å².